The topological polar surface area (TPSA) is 46.6 Å². The number of carbonyl (C=O) groups is 2. The van der Waals surface area contributed by atoms with Crippen LogP contribution in [0.4, 0.5) is 5.69 Å². The molecule has 0 atom stereocenters. The summed E-state index contributed by atoms with van der Waals surface area (Å²) in [5.41, 5.74) is 1.79. The van der Waals surface area contributed by atoms with Crippen LogP contribution in [0.15, 0.2) is 61.2 Å². The van der Waals surface area contributed by atoms with Crippen molar-refractivity contribution in [1.29, 1.82) is 0 Å². The number of hydrogen-bond acceptors (Lipinski definition) is 3. The Morgan fingerprint density at radius 2 is 1.96 bits per heavy atom. The number of anilines is 1. The van der Waals surface area contributed by atoms with Crippen LogP contribution in [-0.4, -0.2) is 25.5 Å². The predicted octanol–water partition coefficient (Wildman–Crippen LogP) is 3.70. The van der Waals surface area contributed by atoms with E-state index in [0.29, 0.717) is 16.3 Å². The first-order valence-electron chi connectivity index (χ1n) is 7.43. The van der Waals surface area contributed by atoms with Crippen LogP contribution in [0, 0.1) is 11.8 Å². The van der Waals surface area contributed by atoms with Crippen molar-refractivity contribution in [3.8, 4) is 11.8 Å². The molecule has 0 fully saturated rings. The quantitative estimate of drug-likeness (QED) is 0.478. The number of nitrogens with zero attached hydrogens (tertiary/aromatic N) is 1. The Balaban J connectivity index is 1.93. The fourth-order valence-corrected chi connectivity index (χ4v) is 2.16. The Morgan fingerprint density at radius 1 is 1.24 bits per heavy atom. The standard InChI is InChI=1S/C20H16ClNO3/c1-3-19(23)22(2)18-11-9-16(10-12-18)20(24)25-13-5-7-15-6-4-8-17(21)14-15/h3-4,6,8-12,14H,1,13H2,2H3. The molecule has 0 aromatic heterocycles. The van der Waals surface area contributed by atoms with Crippen molar-refractivity contribution in [2.75, 3.05) is 18.6 Å². The van der Waals surface area contributed by atoms with E-state index in [9.17, 15) is 9.59 Å². The molecule has 0 heterocycles. The first kappa shape index (κ1) is 18.3. The predicted molar refractivity (Wildman–Crippen MR) is 98.7 cm³/mol. The summed E-state index contributed by atoms with van der Waals surface area (Å²) >= 11 is 5.87. The third-order valence-corrected chi connectivity index (χ3v) is 3.56. The molecule has 0 N–H and O–H groups in total. The summed E-state index contributed by atoms with van der Waals surface area (Å²) < 4.78 is 5.11. The van der Waals surface area contributed by atoms with Crippen molar-refractivity contribution < 1.29 is 14.3 Å². The molecule has 0 saturated carbocycles. The molecule has 0 bridgehead atoms. The van der Waals surface area contributed by atoms with Crippen LogP contribution in [0.2, 0.25) is 5.02 Å². The van der Waals surface area contributed by atoms with Gasteiger partial charge in [0.15, 0.2) is 6.61 Å². The number of halogens is 1. The highest BCUT2D eigenvalue weighted by Crippen LogP contribution is 2.15. The second-order valence-electron chi connectivity index (χ2n) is 5.04. The van der Waals surface area contributed by atoms with Crippen molar-refractivity contribution in [2.45, 2.75) is 0 Å². The number of amides is 1. The lowest BCUT2D eigenvalue weighted by atomic mass is 10.2. The minimum absolute atomic E-state index is 0.0258. The summed E-state index contributed by atoms with van der Waals surface area (Å²) in [5, 5.41) is 0.601. The van der Waals surface area contributed by atoms with Gasteiger partial charge in [-0.15, -0.1) is 0 Å². The molecular weight excluding hydrogens is 338 g/mol. The van der Waals surface area contributed by atoms with Gasteiger partial charge >= 0.3 is 5.97 Å². The highest BCUT2D eigenvalue weighted by molar-refractivity contribution is 6.30. The van der Waals surface area contributed by atoms with E-state index in [2.05, 4.69) is 18.4 Å². The van der Waals surface area contributed by atoms with Gasteiger partial charge in [0.1, 0.15) is 0 Å². The lowest BCUT2D eigenvalue weighted by Gasteiger charge is -2.15. The number of likely N-dealkylation sites (N-methyl/N-ethyl adjacent to an activating group) is 1. The molecule has 2 rings (SSSR count). The first-order valence-corrected chi connectivity index (χ1v) is 7.81. The Kier molecular flexibility index (Phi) is 6.39. The Hall–Kier alpha value is -3.03. The van der Waals surface area contributed by atoms with Crippen molar-refractivity contribution in [3.63, 3.8) is 0 Å². The summed E-state index contributed by atoms with van der Waals surface area (Å²) in [6.45, 7) is 3.41. The Morgan fingerprint density at radius 3 is 2.60 bits per heavy atom. The molecule has 0 aliphatic rings. The molecule has 4 nitrogen and oxygen atoms in total. The fourth-order valence-electron chi connectivity index (χ4n) is 1.97. The first-order chi connectivity index (χ1) is 12.0. The van der Waals surface area contributed by atoms with E-state index in [1.54, 1.807) is 49.5 Å². The second-order valence-corrected chi connectivity index (χ2v) is 5.47. The number of ether oxygens (including phenoxy) is 1. The highest BCUT2D eigenvalue weighted by Gasteiger charge is 2.10. The van der Waals surface area contributed by atoms with Gasteiger partial charge in [-0.1, -0.05) is 36.1 Å². The molecule has 126 valence electrons. The van der Waals surface area contributed by atoms with E-state index in [0.717, 1.165) is 5.56 Å². The lowest BCUT2D eigenvalue weighted by Crippen LogP contribution is -2.23. The van der Waals surface area contributed by atoms with Crippen molar-refractivity contribution in [3.05, 3.63) is 77.3 Å². The van der Waals surface area contributed by atoms with Crippen molar-refractivity contribution in [1.82, 2.24) is 0 Å². The summed E-state index contributed by atoms with van der Waals surface area (Å²) in [4.78, 5) is 24.9. The Labute approximate surface area is 151 Å². The van der Waals surface area contributed by atoms with Crippen LogP contribution < -0.4 is 4.90 Å². The van der Waals surface area contributed by atoms with Crippen molar-refractivity contribution in [2.24, 2.45) is 0 Å². The van der Waals surface area contributed by atoms with Gasteiger partial charge in [0.2, 0.25) is 5.91 Å². The van der Waals surface area contributed by atoms with E-state index in [1.165, 1.54) is 11.0 Å². The molecule has 25 heavy (non-hydrogen) atoms. The van der Waals surface area contributed by atoms with E-state index in [-0.39, 0.29) is 12.5 Å². The van der Waals surface area contributed by atoms with E-state index in [4.69, 9.17) is 16.3 Å². The van der Waals surface area contributed by atoms with Crippen LogP contribution in [0.1, 0.15) is 15.9 Å². The zero-order valence-corrected chi connectivity index (χ0v) is 14.4. The fraction of sp³-hybridized carbons (Fsp3) is 0.100. The van der Waals surface area contributed by atoms with Crippen LogP contribution in [0.25, 0.3) is 0 Å². The van der Waals surface area contributed by atoms with Crippen LogP contribution in [0.3, 0.4) is 0 Å². The van der Waals surface area contributed by atoms with E-state index in [1.807, 2.05) is 6.07 Å². The highest BCUT2D eigenvalue weighted by atomic mass is 35.5. The van der Waals surface area contributed by atoms with E-state index >= 15 is 0 Å². The zero-order valence-electron chi connectivity index (χ0n) is 13.7. The number of hydrogen-bond donors (Lipinski definition) is 0. The van der Waals surface area contributed by atoms with Gasteiger partial charge in [-0.2, -0.15) is 0 Å². The molecule has 2 aromatic rings. The number of benzene rings is 2. The van der Waals surface area contributed by atoms with Gasteiger partial charge in [0.25, 0.3) is 0 Å². The number of rotatable bonds is 4. The third-order valence-electron chi connectivity index (χ3n) is 3.33. The molecule has 0 aliphatic carbocycles. The maximum atomic E-state index is 12.0. The van der Waals surface area contributed by atoms with Gasteiger partial charge in [0, 0.05) is 23.3 Å². The van der Waals surface area contributed by atoms with Gasteiger partial charge in [-0.05, 0) is 48.5 Å². The Bertz CT molecular complexity index is 847. The molecule has 1 amide bonds. The normalized spacial score (nSPS) is 9.52. The summed E-state index contributed by atoms with van der Waals surface area (Å²) in [6.07, 6.45) is 1.22. The molecule has 0 saturated heterocycles. The molecule has 0 spiro atoms. The molecule has 0 radical (unpaired) electrons. The van der Waals surface area contributed by atoms with Gasteiger partial charge in [0.05, 0.1) is 5.56 Å². The maximum Gasteiger partial charge on any atom is 0.339 e. The molecule has 0 aliphatic heterocycles. The lowest BCUT2D eigenvalue weighted by molar-refractivity contribution is -0.113. The van der Waals surface area contributed by atoms with Crippen LogP contribution in [0.5, 0.6) is 0 Å². The monoisotopic (exact) mass is 353 g/mol. The second kappa shape index (κ2) is 8.72. The van der Waals surface area contributed by atoms with Gasteiger partial charge < -0.3 is 9.64 Å². The van der Waals surface area contributed by atoms with Crippen LogP contribution in [-0.2, 0) is 9.53 Å². The SMILES string of the molecule is C=CC(=O)N(C)c1ccc(C(=O)OCC#Cc2cccc(Cl)c2)cc1. The minimum atomic E-state index is -0.482. The largest absolute Gasteiger partial charge is 0.449 e. The zero-order chi connectivity index (χ0) is 18.2. The molecule has 0 unspecified atom stereocenters. The average molecular weight is 354 g/mol. The molecule has 5 heteroatoms. The molecule has 2 aromatic carbocycles. The summed E-state index contributed by atoms with van der Waals surface area (Å²) in [7, 11) is 1.63. The third kappa shape index (κ3) is 5.23. The maximum absolute atomic E-state index is 12.0. The van der Waals surface area contributed by atoms with Crippen molar-refractivity contribution >= 4 is 29.2 Å². The summed E-state index contributed by atoms with van der Waals surface area (Å²) in [6, 6.07) is 13.6. The van der Waals surface area contributed by atoms with Crippen LogP contribution >= 0.6 is 11.6 Å². The number of esters is 1. The van der Waals surface area contributed by atoms with E-state index < -0.39 is 5.97 Å². The number of carbonyl (C=O) groups excluding carboxylic acids is 2. The minimum Gasteiger partial charge on any atom is -0.449 e. The van der Waals surface area contributed by atoms with Gasteiger partial charge in [-0.25, -0.2) is 4.79 Å². The molecular formula is C20H16ClNO3. The van der Waals surface area contributed by atoms with Gasteiger partial charge in [-0.3, -0.25) is 4.79 Å². The summed E-state index contributed by atoms with van der Waals surface area (Å²) in [5.74, 6) is 4.92. The average Bonchev–Trinajstić information content (AvgIpc) is 2.64. The smallest absolute Gasteiger partial charge is 0.339 e.